The third-order valence-electron chi connectivity index (χ3n) is 3.52. The standard InChI is InChI=1S/C17H20INO2/c1-19-14(11-12-7-9-13(18)10-8-12)17-15(20-2)5-4-6-16(17)21-3/h4-10,14,19H,11H2,1-3H3. The van der Waals surface area contributed by atoms with Gasteiger partial charge in [0.25, 0.3) is 0 Å². The largest absolute Gasteiger partial charge is 0.496 e. The van der Waals surface area contributed by atoms with Crippen molar-refractivity contribution >= 4 is 22.6 Å². The molecule has 0 radical (unpaired) electrons. The van der Waals surface area contributed by atoms with Crippen molar-refractivity contribution in [2.75, 3.05) is 21.3 Å². The van der Waals surface area contributed by atoms with Gasteiger partial charge in [-0.05, 0) is 65.9 Å². The fourth-order valence-electron chi connectivity index (χ4n) is 2.43. The number of methoxy groups -OCH3 is 2. The van der Waals surface area contributed by atoms with Crippen LogP contribution < -0.4 is 14.8 Å². The minimum absolute atomic E-state index is 0.135. The van der Waals surface area contributed by atoms with E-state index in [2.05, 4.69) is 52.2 Å². The lowest BCUT2D eigenvalue weighted by Gasteiger charge is -2.22. The Morgan fingerprint density at radius 3 is 2.05 bits per heavy atom. The number of ether oxygens (including phenoxy) is 2. The molecule has 0 aliphatic carbocycles. The molecule has 1 atom stereocenters. The van der Waals surface area contributed by atoms with Crippen LogP contribution in [-0.4, -0.2) is 21.3 Å². The van der Waals surface area contributed by atoms with Crippen LogP contribution in [0.3, 0.4) is 0 Å². The molecule has 0 aliphatic heterocycles. The van der Waals surface area contributed by atoms with E-state index >= 15 is 0 Å². The Labute approximate surface area is 139 Å². The highest BCUT2D eigenvalue weighted by molar-refractivity contribution is 14.1. The fourth-order valence-corrected chi connectivity index (χ4v) is 2.79. The lowest BCUT2D eigenvalue weighted by molar-refractivity contribution is 0.373. The average molecular weight is 397 g/mol. The third kappa shape index (κ3) is 3.89. The molecule has 2 rings (SSSR count). The molecule has 2 aromatic rings. The first-order chi connectivity index (χ1) is 10.2. The van der Waals surface area contributed by atoms with E-state index in [9.17, 15) is 0 Å². The third-order valence-corrected chi connectivity index (χ3v) is 4.24. The maximum absolute atomic E-state index is 5.51. The first kappa shape index (κ1) is 16.1. The normalized spacial score (nSPS) is 12.0. The molecule has 0 aliphatic rings. The van der Waals surface area contributed by atoms with E-state index in [0.717, 1.165) is 23.5 Å². The minimum Gasteiger partial charge on any atom is -0.496 e. The number of halogens is 1. The number of benzene rings is 2. The van der Waals surface area contributed by atoms with E-state index in [1.807, 2.05) is 25.2 Å². The monoisotopic (exact) mass is 397 g/mol. The predicted octanol–water partition coefficient (Wildman–Crippen LogP) is 3.81. The van der Waals surface area contributed by atoms with Gasteiger partial charge in [0.05, 0.1) is 19.8 Å². The zero-order valence-electron chi connectivity index (χ0n) is 12.5. The van der Waals surface area contributed by atoms with Crippen LogP contribution in [0.2, 0.25) is 0 Å². The summed E-state index contributed by atoms with van der Waals surface area (Å²) in [5, 5.41) is 3.37. The van der Waals surface area contributed by atoms with Gasteiger partial charge in [-0.1, -0.05) is 18.2 Å². The molecule has 0 amide bonds. The molecule has 0 saturated heterocycles. The topological polar surface area (TPSA) is 30.5 Å². The molecule has 21 heavy (non-hydrogen) atoms. The van der Waals surface area contributed by atoms with Crippen molar-refractivity contribution < 1.29 is 9.47 Å². The molecule has 1 unspecified atom stereocenters. The number of nitrogens with one attached hydrogen (secondary N) is 1. The molecule has 0 saturated carbocycles. The second kappa shape index (κ2) is 7.66. The molecule has 0 fully saturated rings. The summed E-state index contributed by atoms with van der Waals surface area (Å²) in [6.07, 6.45) is 0.879. The van der Waals surface area contributed by atoms with Crippen LogP contribution in [0.4, 0.5) is 0 Å². The Hall–Kier alpha value is -1.27. The summed E-state index contributed by atoms with van der Waals surface area (Å²) >= 11 is 2.32. The summed E-state index contributed by atoms with van der Waals surface area (Å²) in [4.78, 5) is 0. The first-order valence-corrected chi connectivity index (χ1v) is 7.90. The molecule has 4 heteroatoms. The molecule has 1 N–H and O–H groups in total. The van der Waals surface area contributed by atoms with Crippen molar-refractivity contribution in [3.63, 3.8) is 0 Å². The van der Waals surface area contributed by atoms with Gasteiger partial charge in [0, 0.05) is 9.61 Å². The molecule has 0 bridgehead atoms. The van der Waals surface area contributed by atoms with Crippen LogP contribution in [-0.2, 0) is 6.42 Å². The number of hydrogen-bond acceptors (Lipinski definition) is 3. The molecular formula is C17H20INO2. The smallest absolute Gasteiger partial charge is 0.127 e. The summed E-state index contributed by atoms with van der Waals surface area (Å²) in [7, 11) is 5.34. The van der Waals surface area contributed by atoms with Crippen LogP contribution in [0.1, 0.15) is 17.2 Å². The Kier molecular flexibility index (Phi) is 5.87. The summed E-state index contributed by atoms with van der Waals surface area (Å²) in [6, 6.07) is 14.6. The summed E-state index contributed by atoms with van der Waals surface area (Å²) < 4.78 is 12.3. The number of hydrogen-bond donors (Lipinski definition) is 1. The van der Waals surface area contributed by atoms with Crippen molar-refractivity contribution in [2.24, 2.45) is 0 Å². The van der Waals surface area contributed by atoms with Gasteiger partial charge in [0.15, 0.2) is 0 Å². The zero-order valence-corrected chi connectivity index (χ0v) is 14.7. The van der Waals surface area contributed by atoms with Crippen LogP contribution in [0.15, 0.2) is 42.5 Å². The Bertz CT molecular complexity index is 562. The van der Waals surface area contributed by atoms with Crippen LogP contribution >= 0.6 is 22.6 Å². The van der Waals surface area contributed by atoms with E-state index < -0.39 is 0 Å². The van der Waals surface area contributed by atoms with E-state index in [0.29, 0.717) is 0 Å². The fraction of sp³-hybridized carbons (Fsp3) is 0.294. The van der Waals surface area contributed by atoms with Crippen molar-refractivity contribution in [3.8, 4) is 11.5 Å². The zero-order chi connectivity index (χ0) is 15.2. The van der Waals surface area contributed by atoms with Gasteiger partial charge in [-0.15, -0.1) is 0 Å². The highest BCUT2D eigenvalue weighted by atomic mass is 127. The van der Waals surface area contributed by atoms with Crippen LogP contribution in [0, 0.1) is 3.57 Å². The quantitative estimate of drug-likeness (QED) is 0.753. The molecule has 2 aromatic carbocycles. The van der Waals surface area contributed by atoms with Gasteiger partial charge < -0.3 is 14.8 Å². The minimum atomic E-state index is 0.135. The second-order valence-electron chi connectivity index (χ2n) is 4.75. The van der Waals surface area contributed by atoms with E-state index in [-0.39, 0.29) is 6.04 Å². The van der Waals surface area contributed by atoms with Gasteiger partial charge in [0.2, 0.25) is 0 Å². The maximum Gasteiger partial charge on any atom is 0.127 e. The van der Waals surface area contributed by atoms with E-state index in [1.165, 1.54) is 9.13 Å². The van der Waals surface area contributed by atoms with Crippen molar-refractivity contribution in [3.05, 3.63) is 57.2 Å². The Morgan fingerprint density at radius 2 is 1.57 bits per heavy atom. The summed E-state index contributed by atoms with van der Waals surface area (Å²) in [5.74, 6) is 1.69. The van der Waals surface area contributed by atoms with Crippen molar-refractivity contribution in [2.45, 2.75) is 12.5 Å². The Morgan fingerprint density at radius 1 is 1.00 bits per heavy atom. The summed E-state index contributed by atoms with van der Waals surface area (Å²) in [5.41, 5.74) is 2.34. The SMILES string of the molecule is CNC(Cc1ccc(I)cc1)c1c(OC)cccc1OC. The molecule has 3 nitrogen and oxygen atoms in total. The summed E-state index contributed by atoms with van der Waals surface area (Å²) in [6.45, 7) is 0. The lowest BCUT2D eigenvalue weighted by atomic mass is 9.97. The van der Waals surface area contributed by atoms with Crippen LogP contribution in [0.25, 0.3) is 0 Å². The van der Waals surface area contributed by atoms with Gasteiger partial charge in [0.1, 0.15) is 11.5 Å². The van der Waals surface area contributed by atoms with Crippen LogP contribution in [0.5, 0.6) is 11.5 Å². The number of rotatable bonds is 6. The number of likely N-dealkylation sites (N-methyl/N-ethyl adjacent to an activating group) is 1. The first-order valence-electron chi connectivity index (χ1n) is 6.82. The highest BCUT2D eigenvalue weighted by Gasteiger charge is 2.19. The van der Waals surface area contributed by atoms with Gasteiger partial charge >= 0.3 is 0 Å². The molecule has 0 heterocycles. The highest BCUT2D eigenvalue weighted by Crippen LogP contribution is 2.35. The average Bonchev–Trinajstić information content (AvgIpc) is 2.53. The lowest BCUT2D eigenvalue weighted by Crippen LogP contribution is -2.20. The predicted molar refractivity (Wildman–Crippen MR) is 94.2 cm³/mol. The molecule has 0 aromatic heterocycles. The molecular weight excluding hydrogens is 377 g/mol. The molecule has 0 spiro atoms. The van der Waals surface area contributed by atoms with E-state index in [4.69, 9.17) is 9.47 Å². The van der Waals surface area contributed by atoms with Gasteiger partial charge in [-0.25, -0.2) is 0 Å². The molecule has 112 valence electrons. The van der Waals surface area contributed by atoms with Gasteiger partial charge in [-0.3, -0.25) is 0 Å². The van der Waals surface area contributed by atoms with Gasteiger partial charge in [-0.2, -0.15) is 0 Å². The maximum atomic E-state index is 5.51. The van der Waals surface area contributed by atoms with Crippen molar-refractivity contribution in [1.29, 1.82) is 0 Å². The van der Waals surface area contributed by atoms with Crippen molar-refractivity contribution in [1.82, 2.24) is 5.32 Å². The Balaban J connectivity index is 2.34. The second-order valence-corrected chi connectivity index (χ2v) is 5.99. The van der Waals surface area contributed by atoms with E-state index in [1.54, 1.807) is 14.2 Å².